The molecule has 6 heteroatoms. The van der Waals surface area contributed by atoms with Gasteiger partial charge in [-0.3, -0.25) is 9.59 Å². The molecule has 60 heavy (non-hydrogen) atoms. The average Bonchev–Trinajstić information content (AvgIpc) is 3.25. The third kappa shape index (κ3) is 45.9. The number of nitrogens with one attached hydrogen (secondary N) is 1. The molecule has 354 valence electrons. The molecule has 0 bridgehead atoms. The van der Waals surface area contributed by atoms with Crippen molar-refractivity contribution in [2.45, 2.75) is 296 Å². The van der Waals surface area contributed by atoms with Crippen LogP contribution in [0, 0.1) is 0 Å². The summed E-state index contributed by atoms with van der Waals surface area (Å²) in [7, 11) is 0. The highest BCUT2D eigenvalue weighted by atomic mass is 16.5. The Morgan fingerprint density at radius 3 is 1.20 bits per heavy atom. The van der Waals surface area contributed by atoms with E-state index in [-0.39, 0.29) is 18.5 Å². The van der Waals surface area contributed by atoms with Crippen molar-refractivity contribution in [2.75, 3.05) is 13.2 Å². The molecule has 3 N–H and O–H groups in total. The highest BCUT2D eigenvalue weighted by Crippen LogP contribution is 2.16. The Balaban J connectivity index is 3.43. The second kappa shape index (κ2) is 50.0. The first-order valence-corrected chi connectivity index (χ1v) is 26.6. The lowest BCUT2D eigenvalue weighted by molar-refractivity contribution is -0.143. The lowest BCUT2D eigenvalue weighted by Crippen LogP contribution is -2.45. The molecule has 0 fully saturated rings. The third-order valence-electron chi connectivity index (χ3n) is 12.2. The fourth-order valence-corrected chi connectivity index (χ4v) is 8.10. The van der Waals surface area contributed by atoms with E-state index in [0.29, 0.717) is 19.4 Å². The Kier molecular flexibility index (Phi) is 48.6. The van der Waals surface area contributed by atoms with E-state index < -0.39 is 12.1 Å². The zero-order valence-corrected chi connectivity index (χ0v) is 40.2. The largest absolute Gasteiger partial charge is 0.466 e. The molecule has 0 aromatic carbocycles. The lowest BCUT2D eigenvalue weighted by Gasteiger charge is -2.20. The van der Waals surface area contributed by atoms with Crippen molar-refractivity contribution in [1.82, 2.24) is 5.32 Å². The minimum absolute atomic E-state index is 0.00310. The van der Waals surface area contributed by atoms with Gasteiger partial charge in [-0.05, 0) is 57.8 Å². The van der Waals surface area contributed by atoms with E-state index in [2.05, 4.69) is 31.3 Å². The van der Waals surface area contributed by atoms with Gasteiger partial charge in [0.15, 0.2) is 0 Å². The van der Waals surface area contributed by atoms with Crippen molar-refractivity contribution in [3.8, 4) is 0 Å². The smallest absolute Gasteiger partial charge is 0.305 e. The zero-order chi connectivity index (χ0) is 43.7. The van der Waals surface area contributed by atoms with Crippen LogP contribution >= 0.6 is 0 Å². The first-order valence-electron chi connectivity index (χ1n) is 26.6. The Hall–Kier alpha value is -1.66. The van der Waals surface area contributed by atoms with Crippen molar-refractivity contribution in [3.63, 3.8) is 0 Å². The summed E-state index contributed by atoms with van der Waals surface area (Å²) in [5.41, 5.74) is 0. The summed E-state index contributed by atoms with van der Waals surface area (Å²) in [6.07, 6.45) is 59.0. The second-order valence-electron chi connectivity index (χ2n) is 18.2. The molecule has 0 rings (SSSR count). The van der Waals surface area contributed by atoms with Crippen LogP contribution in [0.2, 0.25) is 0 Å². The van der Waals surface area contributed by atoms with Crippen LogP contribution in [0.5, 0.6) is 0 Å². The maximum Gasteiger partial charge on any atom is 0.305 e. The number of hydrogen-bond donors (Lipinski definition) is 3. The highest BCUT2D eigenvalue weighted by molar-refractivity contribution is 5.76. The van der Waals surface area contributed by atoms with Crippen molar-refractivity contribution in [3.05, 3.63) is 24.3 Å². The molecule has 0 radical (unpaired) electrons. The number of aliphatic hydroxyl groups is 2. The van der Waals surface area contributed by atoms with Gasteiger partial charge in [0.2, 0.25) is 5.91 Å². The summed E-state index contributed by atoms with van der Waals surface area (Å²) in [5.74, 6) is -0.0759. The maximum absolute atomic E-state index is 12.4. The van der Waals surface area contributed by atoms with E-state index in [9.17, 15) is 19.8 Å². The van der Waals surface area contributed by atoms with Crippen molar-refractivity contribution in [2.24, 2.45) is 0 Å². The highest BCUT2D eigenvalue weighted by Gasteiger charge is 2.18. The van der Waals surface area contributed by atoms with E-state index in [1.165, 1.54) is 212 Å². The van der Waals surface area contributed by atoms with Crippen molar-refractivity contribution < 1.29 is 24.5 Å². The molecule has 0 saturated carbocycles. The van der Waals surface area contributed by atoms with Gasteiger partial charge in [-0.25, -0.2) is 0 Å². The zero-order valence-electron chi connectivity index (χ0n) is 40.2. The van der Waals surface area contributed by atoms with E-state index in [4.69, 9.17) is 4.74 Å². The number of esters is 1. The van der Waals surface area contributed by atoms with E-state index >= 15 is 0 Å². The number of ether oxygens (including phenoxy) is 1. The van der Waals surface area contributed by atoms with Crippen molar-refractivity contribution >= 4 is 11.9 Å². The van der Waals surface area contributed by atoms with Crippen LogP contribution < -0.4 is 5.32 Å². The Morgan fingerprint density at radius 2 is 0.783 bits per heavy atom. The molecule has 0 aromatic heterocycles. The number of carbonyl (C=O) groups excluding carboxylic acids is 2. The molecule has 0 aliphatic carbocycles. The molecule has 0 aromatic rings. The number of aliphatic hydroxyl groups excluding tert-OH is 2. The Labute approximate surface area is 373 Å². The summed E-state index contributed by atoms with van der Waals surface area (Å²) in [5, 5.41) is 23.0. The topological polar surface area (TPSA) is 95.9 Å². The van der Waals surface area contributed by atoms with E-state index in [1.807, 2.05) is 6.08 Å². The number of hydrogen-bond acceptors (Lipinski definition) is 5. The van der Waals surface area contributed by atoms with Gasteiger partial charge < -0.3 is 20.3 Å². The molecular formula is C54H103NO5. The van der Waals surface area contributed by atoms with Gasteiger partial charge >= 0.3 is 5.97 Å². The van der Waals surface area contributed by atoms with E-state index in [1.54, 1.807) is 6.08 Å². The molecule has 0 spiro atoms. The number of amides is 1. The predicted molar refractivity (Wildman–Crippen MR) is 260 cm³/mol. The Bertz CT molecular complexity index is 935. The van der Waals surface area contributed by atoms with Gasteiger partial charge in [-0.1, -0.05) is 237 Å². The van der Waals surface area contributed by atoms with Gasteiger partial charge in [-0.2, -0.15) is 0 Å². The Morgan fingerprint density at radius 1 is 0.450 bits per heavy atom. The van der Waals surface area contributed by atoms with Gasteiger partial charge in [0, 0.05) is 12.8 Å². The number of carbonyl (C=O) groups is 2. The van der Waals surface area contributed by atoms with Crippen LogP contribution in [-0.2, 0) is 14.3 Å². The predicted octanol–water partition coefficient (Wildman–Crippen LogP) is 15.9. The average molecular weight is 846 g/mol. The summed E-state index contributed by atoms with van der Waals surface area (Å²) in [6, 6.07) is -0.629. The van der Waals surface area contributed by atoms with Gasteiger partial charge in [0.05, 0.1) is 25.4 Å². The normalized spacial score (nSPS) is 12.8. The fraction of sp³-hybridized carbons (Fsp3) is 0.889. The lowest BCUT2D eigenvalue weighted by atomic mass is 10.0. The SMILES string of the molecule is CCCCCC/C=C\CCCCCCCC(=O)OCCCCCCCCCCCCCCCCCCCCC(=O)NC(CO)C(O)/C=C/CCCCCCCCCCCC. The quantitative estimate of drug-likeness (QED) is 0.0322. The number of unbranched alkanes of at least 4 members (excludes halogenated alkanes) is 36. The van der Waals surface area contributed by atoms with Crippen LogP contribution in [0.4, 0.5) is 0 Å². The van der Waals surface area contributed by atoms with Crippen LogP contribution in [0.25, 0.3) is 0 Å². The van der Waals surface area contributed by atoms with Crippen LogP contribution in [0.15, 0.2) is 24.3 Å². The second-order valence-corrected chi connectivity index (χ2v) is 18.2. The maximum atomic E-state index is 12.4. The number of allylic oxidation sites excluding steroid dienone is 3. The summed E-state index contributed by atoms with van der Waals surface area (Å²) < 4.78 is 5.46. The van der Waals surface area contributed by atoms with Crippen LogP contribution in [0.1, 0.15) is 284 Å². The molecule has 0 aliphatic rings. The van der Waals surface area contributed by atoms with Crippen molar-refractivity contribution in [1.29, 1.82) is 0 Å². The molecule has 2 atom stereocenters. The minimum atomic E-state index is -0.845. The molecule has 0 aliphatic heterocycles. The number of rotatable bonds is 49. The van der Waals surface area contributed by atoms with Gasteiger partial charge in [0.25, 0.3) is 0 Å². The molecule has 2 unspecified atom stereocenters. The third-order valence-corrected chi connectivity index (χ3v) is 12.2. The van der Waals surface area contributed by atoms with Gasteiger partial charge in [-0.15, -0.1) is 0 Å². The monoisotopic (exact) mass is 846 g/mol. The standard InChI is InChI=1S/C54H103NO5/c1-3-5-7-9-11-13-15-23-28-32-36-40-44-48-54(59)60-49-45-41-37-33-29-25-22-20-18-17-19-21-24-27-31-35-39-43-47-53(58)55-51(50-56)52(57)46-42-38-34-30-26-16-14-12-10-8-6-4-2/h13,15,42,46,51-52,56-57H,3-12,14,16-41,43-45,47-50H2,1-2H3,(H,55,58)/b15-13-,46-42+. The molecule has 1 amide bonds. The molecule has 0 saturated heterocycles. The van der Waals surface area contributed by atoms with Crippen LogP contribution in [0.3, 0.4) is 0 Å². The summed E-state index contributed by atoms with van der Waals surface area (Å²) in [6.45, 7) is 4.87. The molecular weight excluding hydrogens is 743 g/mol. The minimum Gasteiger partial charge on any atom is -0.466 e. The molecule has 0 heterocycles. The fourth-order valence-electron chi connectivity index (χ4n) is 8.10. The summed E-state index contributed by atoms with van der Waals surface area (Å²) >= 11 is 0. The van der Waals surface area contributed by atoms with Gasteiger partial charge in [0.1, 0.15) is 0 Å². The first kappa shape index (κ1) is 58.3. The van der Waals surface area contributed by atoms with E-state index in [0.717, 1.165) is 44.9 Å². The summed E-state index contributed by atoms with van der Waals surface area (Å²) in [4.78, 5) is 24.4. The van der Waals surface area contributed by atoms with Crippen LogP contribution in [-0.4, -0.2) is 47.4 Å². The molecule has 6 nitrogen and oxygen atoms in total. The first-order chi connectivity index (χ1) is 29.5.